The Kier molecular flexibility index (Phi) is 6.79. The van der Waals surface area contributed by atoms with Crippen LogP contribution in [-0.2, 0) is 15.6 Å². The van der Waals surface area contributed by atoms with E-state index in [1.165, 1.54) is 12.1 Å². The van der Waals surface area contributed by atoms with Crippen LogP contribution in [0.2, 0.25) is 10.0 Å². The van der Waals surface area contributed by atoms with E-state index < -0.39 is 10.8 Å². The Bertz CT molecular complexity index is 498. The molecule has 0 aliphatic heterocycles. The minimum absolute atomic E-state index is 0.110. The normalized spacial score (nSPS) is 12.4. The van der Waals surface area contributed by atoms with Crippen LogP contribution in [0.1, 0.15) is 26.7 Å². The average molecular weight is 337 g/mol. The molecule has 1 rings (SSSR count). The summed E-state index contributed by atoms with van der Waals surface area (Å²) in [4.78, 5) is 11.8. The zero-order valence-corrected chi connectivity index (χ0v) is 13.7. The van der Waals surface area contributed by atoms with E-state index >= 15 is 0 Å². The van der Waals surface area contributed by atoms with Crippen LogP contribution in [0.15, 0.2) is 12.1 Å². The van der Waals surface area contributed by atoms with Crippen molar-refractivity contribution >= 4 is 51.3 Å². The first-order valence-corrected chi connectivity index (χ1v) is 8.36. The summed E-state index contributed by atoms with van der Waals surface area (Å²) in [6, 6.07) is 3.05. The van der Waals surface area contributed by atoms with E-state index in [1.54, 1.807) is 0 Å². The molecule has 1 aromatic carbocycles. The number of hydrogen-bond acceptors (Lipinski definition) is 3. The van der Waals surface area contributed by atoms with Gasteiger partial charge < -0.3 is 11.1 Å². The van der Waals surface area contributed by atoms with Gasteiger partial charge in [-0.25, -0.2) is 0 Å². The molecule has 3 N–H and O–H groups in total. The zero-order chi connectivity index (χ0) is 15.3. The first-order valence-electron chi connectivity index (χ1n) is 6.22. The summed E-state index contributed by atoms with van der Waals surface area (Å²) in [5.74, 6) is 0.299. The number of carbonyl (C=O) groups is 1. The number of rotatable bonds is 6. The van der Waals surface area contributed by atoms with Gasteiger partial charge in [0.2, 0.25) is 5.91 Å². The highest BCUT2D eigenvalue weighted by atomic mass is 35.5. The van der Waals surface area contributed by atoms with Crippen molar-refractivity contribution in [3.05, 3.63) is 22.2 Å². The van der Waals surface area contributed by atoms with Crippen molar-refractivity contribution < 1.29 is 9.00 Å². The molecule has 4 nitrogen and oxygen atoms in total. The largest absolute Gasteiger partial charge is 0.399 e. The summed E-state index contributed by atoms with van der Waals surface area (Å²) < 4.78 is 11.6. The molecule has 0 aliphatic carbocycles. The lowest BCUT2D eigenvalue weighted by Gasteiger charge is -2.10. The van der Waals surface area contributed by atoms with Crippen molar-refractivity contribution in [2.24, 2.45) is 0 Å². The summed E-state index contributed by atoms with van der Waals surface area (Å²) in [7, 11) is -0.895. The smallest absolute Gasteiger partial charge is 0.224 e. The molecular weight excluding hydrogens is 319 g/mol. The number of amides is 1. The molecule has 1 amide bonds. The quantitative estimate of drug-likeness (QED) is 0.781. The summed E-state index contributed by atoms with van der Waals surface area (Å²) >= 11 is 12.0. The fourth-order valence-electron chi connectivity index (χ4n) is 1.52. The number of hydrogen-bond donors (Lipinski definition) is 2. The van der Waals surface area contributed by atoms with Crippen LogP contribution in [-0.4, -0.2) is 21.1 Å². The monoisotopic (exact) mass is 336 g/mol. The van der Waals surface area contributed by atoms with Crippen molar-refractivity contribution in [3.8, 4) is 0 Å². The Labute approximate surface area is 131 Å². The van der Waals surface area contributed by atoms with Gasteiger partial charge in [-0.3, -0.25) is 9.00 Å². The molecule has 0 fully saturated rings. The van der Waals surface area contributed by atoms with Crippen molar-refractivity contribution in [2.45, 2.75) is 31.9 Å². The molecule has 1 atom stereocenters. The van der Waals surface area contributed by atoms with Gasteiger partial charge in [0.05, 0.1) is 15.7 Å². The minimum Gasteiger partial charge on any atom is -0.399 e. The predicted octanol–water partition coefficient (Wildman–Crippen LogP) is 3.45. The van der Waals surface area contributed by atoms with Crippen molar-refractivity contribution in [1.82, 2.24) is 0 Å². The van der Waals surface area contributed by atoms with E-state index in [2.05, 4.69) is 5.32 Å². The summed E-state index contributed by atoms with van der Waals surface area (Å²) in [6.45, 7) is 3.79. The summed E-state index contributed by atoms with van der Waals surface area (Å²) in [5, 5.41) is 3.36. The molecule has 0 spiro atoms. The van der Waals surface area contributed by atoms with Crippen molar-refractivity contribution in [3.63, 3.8) is 0 Å². The van der Waals surface area contributed by atoms with Crippen molar-refractivity contribution in [2.75, 3.05) is 16.8 Å². The van der Waals surface area contributed by atoms with Crippen LogP contribution in [0, 0.1) is 0 Å². The fraction of sp³-hybridized carbons (Fsp3) is 0.462. The molecule has 0 bridgehead atoms. The number of benzene rings is 1. The molecule has 0 saturated heterocycles. The molecule has 0 aromatic heterocycles. The van der Waals surface area contributed by atoms with Crippen LogP contribution in [0.5, 0.6) is 0 Å². The van der Waals surface area contributed by atoms with Gasteiger partial charge in [-0.05, 0) is 18.6 Å². The van der Waals surface area contributed by atoms with Gasteiger partial charge in [0.1, 0.15) is 0 Å². The number of anilines is 2. The minimum atomic E-state index is -0.895. The molecule has 20 heavy (non-hydrogen) atoms. The van der Waals surface area contributed by atoms with Gasteiger partial charge in [0, 0.05) is 33.9 Å². The summed E-state index contributed by atoms with van der Waals surface area (Å²) in [6.07, 6.45) is 0.830. The molecule has 0 heterocycles. The van der Waals surface area contributed by atoms with Gasteiger partial charge in [-0.15, -0.1) is 0 Å². The molecule has 1 aromatic rings. The Morgan fingerprint density at radius 1 is 1.35 bits per heavy atom. The maximum absolute atomic E-state index is 11.8. The van der Waals surface area contributed by atoms with Crippen LogP contribution >= 0.6 is 23.2 Å². The molecule has 0 radical (unpaired) electrons. The second kappa shape index (κ2) is 7.86. The average Bonchev–Trinajstić information content (AvgIpc) is 2.33. The topological polar surface area (TPSA) is 72.2 Å². The fourth-order valence-corrected chi connectivity index (χ4v) is 3.02. The highest BCUT2D eigenvalue weighted by molar-refractivity contribution is 7.85. The first kappa shape index (κ1) is 17.3. The third-order valence-electron chi connectivity index (χ3n) is 2.60. The van der Waals surface area contributed by atoms with Gasteiger partial charge in [-0.1, -0.05) is 37.0 Å². The number of carbonyl (C=O) groups excluding carboxylic acids is 1. The lowest BCUT2D eigenvalue weighted by atomic mass is 10.2. The van der Waals surface area contributed by atoms with E-state index in [1.807, 2.05) is 13.8 Å². The van der Waals surface area contributed by atoms with Crippen LogP contribution in [0.4, 0.5) is 11.4 Å². The zero-order valence-electron chi connectivity index (χ0n) is 11.4. The Hall–Kier alpha value is -0.780. The second-order valence-corrected chi connectivity index (χ2v) is 7.57. The van der Waals surface area contributed by atoms with Crippen molar-refractivity contribution in [1.29, 1.82) is 0 Å². The highest BCUT2D eigenvalue weighted by Crippen LogP contribution is 2.32. The third-order valence-corrected chi connectivity index (χ3v) is 4.94. The van der Waals surface area contributed by atoms with Gasteiger partial charge in [-0.2, -0.15) is 0 Å². The molecular formula is C13H18Cl2N2O2S. The van der Waals surface area contributed by atoms with Gasteiger partial charge in [0.25, 0.3) is 0 Å². The van der Waals surface area contributed by atoms with Crippen LogP contribution in [0.25, 0.3) is 0 Å². The van der Waals surface area contributed by atoms with Gasteiger partial charge >= 0.3 is 0 Å². The second-order valence-electron chi connectivity index (χ2n) is 4.64. The molecule has 1 unspecified atom stereocenters. The molecule has 7 heteroatoms. The SMILES string of the molecule is CC(C)S(=O)CCCC(=O)Nc1c(Cl)cc(N)cc1Cl. The number of halogens is 2. The van der Waals surface area contributed by atoms with E-state index in [0.717, 1.165) is 0 Å². The maximum atomic E-state index is 11.8. The number of nitrogen functional groups attached to an aromatic ring is 1. The lowest BCUT2D eigenvalue weighted by molar-refractivity contribution is -0.116. The predicted molar refractivity (Wildman–Crippen MR) is 86.9 cm³/mol. The molecule has 112 valence electrons. The number of nitrogens with two attached hydrogens (primary N) is 1. The number of nitrogens with one attached hydrogen (secondary N) is 1. The lowest BCUT2D eigenvalue weighted by Crippen LogP contribution is -2.15. The van der Waals surface area contributed by atoms with E-state index in [4.69, 9.17) is 28.9 Å². The molecule has 0 aliphatic rings. The van der Waals surface area contributed by atoms with Crippen LogP contribution in [0.3, 0.4) is 0 Å². The van der Waals surface area contributed by atoms with Crippen LogP contribution < -0.4 is 11.1 Å². The Balaban J connectivity index is 2.53. The van der Waals surface area contributed by atoms with E-state index in [-0.39, 0.29) is 17.6 Å². The molecule has 0 saturated carbocycles. The highest BCUT2D eigenvalue weighted by Gasteiger charge is 2.12. The standard InChI is InChI=1S/C13H18Cl2N2O2S/c1-8(2)20(19)5-3-4-12(18)17-13-10(14)6-9(16)7-11(13)15/h6-8H,3-5,16H2,1-2H3,(H,17,18). The Morgan fingerprint density at radius 2 is 1.90 bits per heavy atom. The summed E-state index contributed by atoms with van der Waals surface area (Å²) in [5.41, 5.74) is 6.38. The maximum Gasteiger partial charge on any atom is 0.224 e. The van der Waals surface area contributed by atoms with E-state index in [9.17, 15) is 9.00 Å². The first-order chi connectivity index (χ1) is 9.31. The van der Waals surface area contributed by atoms with E-state index in [0.29, 0.717) is 33.6 Å². The van der Waals surface area contributed by atoms with Gasteiger partial charge in [0.15, 0.2) is 0 Å². The third kappa shape index (κ3) is 5.31. The Morgan fingerprint density at radius 3 is 2.40 bits per heavy atom.